The summed E-state index contributed by atoms with van der Waals surface area (Å²) in [5.41, 5.74) is 1.00. The maximum Gasteiger partial charge on any atom is 0.118 e. The Hall–Kier alpha value is -1.87. The van der Waals surface area contributed by atoms with Gasteiger partial charge in [-0.1, -0.05) is 30.3 Å². The van der Waals surface area contributed by atoms with E-state index in [2.05, 4.69) is 0 Å². The molecule has 0 bridgehead atoms. The summed E-state index contributed by atoms with van der Waals surface area (Å²) >= 11 is 0. The van der Waals surface area contributed by atoms with E-state index in [1.54, 1.807) is 12.5 Å². The molecule has 0 aliphatic carbocycles. The zero-order valence-electron chi connectivity index (χ0n) is 10.1. The number of rotatable bonds is 4. The van der Waals surface area contributed by atoms with E-state index >= 15 is 0 Å². The van der Waals surface area contributed by atoms with Gasteiger partial charge in [0.15, 0.2) is 0 Å². The van der Waals surface area contributed by atoms with Gasteiger partial charge in [-0.2, -0.15) is 0 Å². The Morgan fingerprint density at radius 1 is 1.00 bits per heavy atom. The van der Waals surface area contributed by atoms with Crippen LogP contribution in [-0.4, -0.2) is 11.3 Å². The van der Waals surface area contributed by atoms with Gasteiger partial charge in [0.2, 0.25) is 0 Å². The molecule has 0 saturated carbocycles. The van der Waals surface area contributed by atoms with Gasteiger partial charge >= 0.3 is 0 Å². The number of hydrogen-bond acceptors (Lipinski definition) is 2. The highest BCUT2D eigenvalue weighted by atomic mass is 32.2. The molecule has 2 aromatic carbocycles. The Kier molecular flexibility index (Phi) is 4.31. The summed E-state index contributed by atoms with van der Waals surface area (Å²) in [7, 11) is 0.531. The molecule has 0 amide bonds. The van der Waals surface area contributed by atoms with Gasteiger partial charge in [0.05, 0.1) is 17.9 Å². The zero-order chi connectivity index (χ0) is 12.8. The predicted octanol–water partition coefficient (Wildman–Crippen LogP) is 3.47. The molecule has 1 atom stereocenters. The molecule has 3 heteroatoms. The van der Waals surface area contributed by atoms with E-state index in [1.807, 2.05) is 60.7 Å². The van der Waals surface area contributed by atoms with Crippen molar-refractivity contribution in [1.82, 2.24) is 0 Å². The maximum atomic E-state index is 11.9. The van der Waals surface area contributed by atoms with Gasteiger partial charge in [0.25, 0.3) is 0 Å². The van der Waals surface area contributed by atoms with Crippen molar-refractivity contribution in [3.05, 3.63) is 65.6 Å². The first kappa shape index (κ1) is 12.6. The van der Waals surface area contributed by atoms with Crippen molar-refractivity contribution < 1.29 is 8.95 Å². The second kappa shape index (κ2) is 6.17. The minimum Gasteiger partial charge on any atom is -0.497 e. The first-order chi connectivity index (χ1) is 8.79. The molecular weight excluding hydrogens is 244 g/mol. The zero-order valence-corrected chi connectivity index (χ0v) is 10.9. The average molecular weight is 258 g/mol. The molecule has 0 radical (unpaired) electrons. The molecule has 2 rings (SSSR count). The first-order valence-electron chi connectivity index (χ1n) is 5.57. The molecule has 0 aliphatic rings. The van der Waals surface area contributed by atoms with E-state index in [-0.39, 0.29) is 0 Å². The lowest BCUT2D eigenvalue weighted by Gasteiger charge is -1.99. The van der Waals surface area contributed by atoms with E-state index in [4.69, 9.17) is 4.74 Å². The van der Waals surface area contributed by atoms with E-state index in [1.165, 1.54) is 0 Å². The van der Waals surface area contributed by atoms with Gasteiger partial charge in [-0.15, -0.1) is 0 Å². The monoisotopic (exact) mass is 258 g/mol. The van der Waals surface area contributed by atoms with E-state index in [0.29, 0.717) is 0 Å². The second-order valence-corrected chi connectivity index (χ2v) is 5.02. The summed E-state index contributed by atoms with van der Waals surface area (Å²) in [6, 6.07) is 17.0. The predicted molar refractivity (Wildman–Crippen MR) is 74.9 cm³/mol. The Morgan fingerprint density at radius 3 is 2.28 bits per heavy atom. The van der Waals surface area contributed by atoms with Gasteiger partial charge < -0.3 is 4.74 Å². The van der Waals surface area contributed by atoms with E-state index in [0.717, 1.165) is 16.2 Å². The highest BCUT2D eigenvalue weighted by Gasteiger charge is 1.97. The van der Waals surface area contributed by atoms with Crippen molar-refractivity contribution in [2.24, 2.45) is 0 Å². The molecule has 0 heterocycles. The van der Waals surface area contributed by atoms with Crippen LogP contribution in [-0.2, 0) is 10.8 Å². The van der Waals surface area contributed by atoms with Crippen molar-refractivity contribution in [2.75, 3.05) is 7.11 Å². The number of benzene rings is 2. The van der Waals surface area contributed by atoms with Gasteiger partial charge in [-0.05, 0) is 35.9 Å². The molecule has 0 aromatic heterocycles. The van der Waals surface area contributed by atoms with Crippen LogP contribution < -0.4 is 4.74 Å². The minimum atomic E-state index is -1.10. The molecule has 0 fully saturated rings. The largest absolute Gasteiger partial charge is 0.497 e. The summed E-state index contributed by atoms with van der Waals surface area (Å²) in [6.45, 7) is 0. The first-order valence-corrected chi connectivity index (χ1v) is 6.79. The highest BCUT2D eigenvalue weighted by Crippen LogP contribution is 2.14. The summed E-state index contributed by atoms with van der Waals surface area (Å²) < 4.78 is 17.0. The molecule has 0 saturated heterocycles. The quantitative estimate of drug-likeness (QED) is 0.839. The third-order valence-electron chi connectivity index (χ3n) is 2.48. The van der Waals surface area contributed by atoms with E-state index < -0.39 is 10.8 Å². The van der Waals surface area contributed by atoms with Crippen LogP contribution in [0.5, 0.6) is 5.75 Å². The Morgan fingerprint density at radius 2 is 1.67 bits per heavy atom. The highest BCUT2D eigenvalue weighted by molar-refractivity contribution is 7.88. The van der Waals surface area contributed by atoms with Crippen LogP contribution in [0.1, 0.15) is 5.56 Å². The molecule has 0 aliphatic heterocycles. The lowest BCUT2D eigenvalue weighted by atomic mass is 10.2. The van der Waals surface area contributed by atoms with Crippen molar-refractivity contribution in [3.63, 3.8) is 0 Å². The fourth-order valence-electron chi connectivity index (χ4n) is 1.49. The topological polar surface area (TPSA) is 26.3 Å². The van der Waals surface area contributed by atoms with Gasteiger partial charge in [-0.3, -0.25) is 0 Å². The minimum absolute atomic E-state index is 0.808. The molecular formula is C15H14O2S. The molecule has 92 valence electrons. The van der Waals surface area contributed by atoms with Crippen molar-refractivity contribution in [1.29, 1.82) is 0 Å². The third kappa shape index (κ3) is 3.31. The molecule has 0 N–H and O–H groups in total. The standard InChI is InChI=1S/C15H14O2S/c1-17-14-9-7-13(8-10-14)11-12-18(16)15-5-3-2-4-6-15/h2-12H,1H3/b12-11+/t18-/m0/s1. The Balaban J connectivity index is 2.08. The van der Waals surface area contributed by atoms with Crippen LogP contribution in [0, 0.1) is 0 Å². The fourth-order valence-corrected chi connectivity index (χ4v) is 2.35. The number of ether oxygens (including phenoxy) is 1. The van der Waals surface area contributed by atoms with Crippen molar-refractivity contribution >= 4 is 16.9 Å². The SMILES string of the molecule is COc1ccc(/C=C/[S@](=O)c2ccccc2)cc1. The van der Waals surface area contributed by atoms with Crippen molar-refractivity contribution in [2.45, 2.75) is 4.90 Å². The lowest BCUT2D eigenvalue weighted by Crippen LogP contribution is -1.85. The maximum absolute atomic E-state index is 11.9. The lowest BCUT2D eigenvalue weighted by molar-refractivity contribution is 0.415. The van der Waals surface area contributed by atoms with Crippen LogP contribution in [0.4, 0.5) is 0 Å². The van der Waals surface area contributed by atoms with Crippen LogP contribution in [0.15, 0.2) is 64.9 Å². The summed E-state index contributed by atoms with van der Waals surface area (Å²) in [6.07, 6.45) is 1.85. The van der Waals surface area contributed by atoms with Crippen LogP contribution in [0.25, 0.3) is 6.08 Å². The third-order valence-corrected chi connectivity index (χ3v) is 3.60. The molecule has 2 aromatic rings. The molecule has 0 unspecified atom stereocenters. The molecule has 0 spiro atoms. The normalized spacial score (nSPS) is 12.5. The fraction of sp³-hybridized carbons (Fsp3) is 0.0667. The van der Waals surface area contributed by atoms with Gasteiger partial charge in [0.1, 0.15) is 5.75 Å². The smallest absolute Gasteiger partial charge is 0.118 e. The van der Waals surface area contributed by atoms with Crippen molar-refractivity contribution in [3.8, 4) is 5.75 Å². The van der Waals surface area contributed by atoms with Crippen LogP contribution >= 0.6 is 0 Å². The Bertz CT molecular complexity index is 544. The number of hydrogen-bond donors (Lipinski definition) is 0. The second-order valence-electron chi connectivity index (χ2n) is 3.69. The molecule has 2 nitrogen and oxygen atoms in total. The molecule has 18 heavy (non-hydrogen) atoms. The summed E-state index contributed by atoms with van der Waals surface area (Å²) in [4.78, 5) is 0.808. The number of methoxy groups -OCH3 is 1. The Labute approximate surface area is 109 Å². The van der Waals surface area contributed by atoms with Crippen LogP contribution in [0.3, 0.4) is 0 Å². The summed E-state index contributed by atoms with van der Waals surface area (Å²) in [5, 5.41) is 1.69. The van der Waals surface area contributed by atoms with Gasteiger partial charge in [-0.25, -0.2) is 4.21 Å². The van der Waals surface area contributed by atoms with Crippen LogP contribution in [0.2, 0.25) is 0 Å². The van der Waals surface area contributed by atoms with Gasteiger partial charge in [0, 0.05) is 10.3 Å². The average Bonchev–Trinajstić information content (AvgIpc) is 2.46. The van der Waals surface area contributed by atoms with E-state index in [9.17, 15) is 4.21 Å². The summed E-state index contributed by atoms with van der Waals surface area (Å²) in [5.74, 6) is 0.816.